The number of H-pyrrole nitrogens is 1. The lowest BCUT2D eigenvalue weighted by Crippen LogP contribution is -2.48. The Morgan fingerprint density at radius 3 is 2.45 bits per heavy atom. The van der Waals surface area contributed by atoms with Crippen molar-refractivity contribution in [1.82, 2.24) is 14.8 Å². The van der Waals surface area contributed by atoms with Crippen LogP contribution in [-0.2, 0) is 4.74 Å². The van der Waals surface area contributed by atoms with E-state index in [4.69, 9.17) is 15.2 Å². The normalized spacial score (nSPS) is 14.3. The Bertz CT molecular complexity index is 1510. The van der Waals surface area contributed by atoms with Crippen LogP contribution in [0, 0.1) is 5.82 Å². The average Bonchev–Trinajstić information content (AvgIpc) is 3.30. The first-order chi connectivity index (χ1) is 18.4. The van der Waals surface area contributed by atoms with Crippen molar-refractivity contribution in [3.8, 4) is 16.9 Å². The number of halogens is 1. The number of fused-ring (bicyclic) bond motifs is 3. The molecule has 4 aromatic rings. The summed E-state index contributed by atoms with van der Waals surface area (Å²) >= 11 is 0. The van der Waals surface area contributed by atoms with Crippen LogP contribution in [0.2, 0.25) is 0 Å². The Morgan fingerprint density at radius 2 is 1.76 bits per heavy atom. The minimum atomic E-state index is -0.600. The van der Waals surface area contributed by atoms with Gasteiger partial charge < -0.3 is 25.1 Å². The summed E-state index contributed by atoms with van der Waals surface area (Å²) < 4.78 is 24.6. The van der Waals surface area contributed by atoms with Crippen LogP contribution in [0.25, 0.3) is 32.9 Å². The fraction of sp³-hybridized carbons (Fsp3) is 0.310. The Labute approximate surface area is 220 Å². The maximum atomic E-state index is 14.4. The zero-order valence-electron chi connectivity index (χ0n) is 21.6. The lowest BCUT2D eigenvalue weighted by atomic mass is 9.98. The van der Waals surface area contributed by atoms with E-state index >= 15 is 0 Å². The van der Waals surface area contributed by atoms with Gasteiger partial charge in [-0.15, -0.1) is 0 Å². The van der Waals surface area contributed by atoms with Gasteiger partial charge in [0.2, 0.25) is 0 Å². The molecular formula is C29H31FN4O4. The Hall–Kier alpha value is -3.95. The van der Waals surface area contributed by atoms with Crippen LogP contribution in [0.15, 0.2) is 48.5 Å². The Balaban J connectivity index is 1.45. The number of nitrogens with zero attached hydrogens (tertiary/aromatic N) is 2. The van der Waals surface area contributed by atoms with E-state index in [-0.39, 0.29) is 11.7 Å². The van der Waals surface area contributed by atoms with Crippen molar-refractivity contribution in [2.24, 2.45) is 5.73 Å². The standard InChI is InChI=1S/C29H31FN4O4/c1-37-13-3-8-33-9-11-34(12-10-33)29(36)19-4-6-21-22-14-20(18-5-7-26(38-2)24(30)16-18)15-23(28(31)35)27(22)32-25(21)17-19/h4-7,14-17,32H,3,8-13H2,1-2H3,(H2,31,35). The molecule has 0 spiro atoms. The molecule has 38 heavy (non-hydrogen) atoms. The molecule has 1 aromatic heterocycles. The van der Waals surface area contributed by atoms with Gasteiger partial charge >= 0.3 is 0 Å². The van der Waals surface area contributed by atoms with Crippen LogP contribution < -0.4 is 10.5 Å². The van der Waals surface area contributed by atoms with Gasteiger partial charge in [0.15, 0.2) is 11.6 Å². The highest BCUT2D eigenvalue weighted by Gasteiger charge is 2.23. The van der Waals surface area contributed by atoms with E-state index in [1.165, 1.54) is 13.2 Å². The third-order valence-electron chi connectivity index (χ3n) is 7.19. The molecule has 0 atom stereocenters. The van der Waals surface area contributed by atoms with E-state index in [0.717, 1.165) is 49.0 Å². The van der Waals surface area contributed by atoms with E-state index in [1.807, 2.05) is 29.2 Å². The molecule has 8 nitrogen and oxygen atoms in total. The number of nitrogens with one attached hydrogen (secondary N) is 1. The minimum absolute atomic E-state index is 0.0216. The number of aromatic amines is 1. The van der Waals surface area contributed by atoms with E-state index in [0.29, 0.717) is 40.9 Å². The van der Waals surface area contributed by atoms with Crippen molar-refractivity contribution in [2.75, 3.05) is 53.6 Å². The molecule has 0 bridgehead atoms. The van der Waals surface area contributed by atoms with Crippen molar-refractivity contribution in [1.29, 1.82) is 0 Å². The quantitative estimate of drug-likeness (QED) is 0.343. The number of benzene rings is 3. The highest BCUT2D eigenvalue weighted by Crippen LogP contribution is 2.34. The molecule has 1 aliphatic heterocycles. The topological polar surface area (TPSA) is 101 Å². The molecule has 3 aromatic carbocycles. The van der Waals surface area contributed by atoms with Crippen LogP contribution in [0.3, 0.4) is 0 Å². The van der Waals surface area contributed by atoms with Crippen LogP contribution in [0.4, 0.5) is 4.39 Å². The van der Waals surface area contributed by atoms with Crippen LogP contribution in [0.1, 0.15) is 27.1 Å². The zero-order valence-corrected chi connectivity index (χ0v) is 21.6. The predicted molar refractivity (Wildman–Crippen MR) is 145 cm³/mol. The number of nitrogens with two attached hydrogens (primary N) is 1. The van der Waals surface area contributed by atoms with Gasteiger partial charge in [-0.05, 0) is 53.9 Å². The van der Waals surface area contributed by atoms with E-state index < -0.39 is 11.7 Å². The van der Waals surface area contributed by atoms with Crippen molar-refractivity contribution in [2.45, 2.75) is 6.42 Å². The minimum Gasteiger partial charge on any atom is -0.494 e. The average molecular weight is 519 g/mol. The molecule has 5 rings (SSSR count). The third kappa shape index (κ3) is 4.94. The smallest absolute Gasteiger partial charge is 0.254 e. The predicted octanol–water partition coefficient (Wildman–Crippen LogP) is 4.03. The van der Waals surface area contributed by atoms with E-state index in [2.05, 4.69) is 9.88 Å². The first-order valence-corrected chi connectivity index (χ1v) is 12.6. The molecule has 1 aliphatic rings. The highest BCUT2D eigenvalue weighted by atomic mass is 19.1. The van der Waals surface area contributed by atoms with Crippen molar-refractivity contribution in [3.63, 3.8) is 0 Å². The maximum absolute atomic E-state index is 14.4. The number of carbonyl (C=O) groups is 2. The fourth-order valence-electron chi connectivity index (χ4n) is 5.14. The van der Waals surface area contributed by atoms with Crippen molar-refractivity contribution in [3.05, 3.63) is 65.5 Å². The van der Waals surface area contributed by atoms with Crippen molar-refractivity contribution >= 4 is 33.6 Å². The number of aromatic nitrogens is 1. The summed E-state index contributed by atoms with van der Waals surface area (Å²) in [7, 11) is 3.11. The van der Waals surface area contributed by atoms with Gasteiger partial charge in [-0.1, -0.05) is 12.1 Å². The monoisotopic (exact) mass is 518 g/mol. The van der Waals surface area contributed by atoms with Gasteiger partial charge in [-0.2, -0.15) is 0 Å². The van der Waals surface area contributed by atoms with Gasteiger partial charge in [0, 0.05) is 68.3 Å². The molecule has 0 radical (unpaired) electrons. The third-order valence-corrected chi connectivity index (χ3v) is 7.19. The van der Waals surface area contributed by atoms with Gasteiger partial charge in [0.1, 0.15) is 0 Å². The van der Waals surface area contributed by atoms with E-state index in [1.54, 1.807) is 25.3 Å². The number of amides is 2. The summed E-state index contributed by atoms with van der Waals surface area (Å²) in [4.78, 5) is 33.2. The lowest BCUT2D eigenvalue weighted by molar-refractivity contribution is 0.0624. The van der Waals surface area contributed by atoms with Crippen molar-refractivity contribution < 1.29 is 23.5 Å². The first-order valence-electron chi connectivity index (χ1n) is 12.6. The number of piperazine rings is 1. The molecule has 1 fully saturated rings. The Kier molecular flexibility index (Phi) is 7.31. The molecular weight excluding hydrogens is 487 g/mol. The van der Waals surface area contributed by atoms with E-state index in [9.17, 15) is 14.0 Å². The van der Waals surface area contributed by atoms with Gasteiger partial charge in [-0.3, -0.25) is 14.5 Å². The molecule has 9 heteroatoms. The number of primary amides is 1. The molecule has 0 aliphatic carbocycles. The zero-order chi connectivity index (χ0) is 26.8. The molecule has 3 N–H and O–H groups in total. The number of hydrogen-bond donors (Lipinski definition) is 2. The summed E-state index contributed by atoms with van der Waals surface area (Å²) in [6, 6.07) is 13.7. The summed E-state index contributed by atoms with van der Waals surface area (Å²) in [5.41, 5.74) is 9.15. The lowest BCUT2D eigenvalue weighted by Gasteiger charge is -2.34. The number of methoxy groups -OCH3 is 2. The summed E-state index contributed by atoms with van der Waals surface area (Å²) in [5.74, 6) is -0.978. The molecule has 0 saturated carbocycles. The molecule has 198 valence electrons. The van der Waals surface area contributed by atoms with Crippen LogP contribution in [-0.4, -0.2) is 80.1 Å². The highest BCUT2D eigenvalue weighted by molar-refractivity contribution is 6.17. The summed E-state index contributed by atoms with van der Waals surface area (Å²) in [5, 5.41) is 1.61. The second-order valence-corrected chi connectivity index (χ2v) is 9.53. The number of rotatable bonds is 8. The number of hydrogen-bond acceptors (Lipinski definition) is 5. The summed E-state index contributed by atoms with van der Waals surface area (Å²) in [6.07, 6.45) is 0.976. The summed E-state index contributed by atoms with van der Waals surface area (Å²) in [6.45, 7) is 4.71. The second kappa shape index (κ2) is 10.8. The maximum Gasteiger partial charge on any atom is 0.254 e. The number of carbonyl (C=O) groups excluding carboxylic acids is 2. The molecule has 0 unspecified atom stereocenters. The number of ether oxygens (including phenoxy) is 2. The molecule has 1 saturated heterocycles. The van der Waals surface area contributed by atoms with Gasteiger partial charge in [0.25, 0.3) is 11.8 Å². The fourth-order valence-corrected chi connectivity index (χ4v) is 5.14. The van der Waals surface area contributed by atoms with Gasteiger partial charge in [0.05, 0.1) is 18.2 Å². The SMILES string of the molecule is COCCCN1CCN(C(=O)c2ccc3c(c2)[nH]c2c(C(N)=O)cc(-c4ccc(OC)c(F)c4)cc23)CC1. The van der Waals surface area contributed by atoms with Crippen LogP contribution in [0.5, 0.6) is 5.75 Å². The van der Waals surface area contributed by atoms with Crippen LogP contribution >= 0.6 is 0 Å². The largest absolute Gasteiger partial charge is 0.494 e. The Morgan fingerprint density at radius 1 is 0.974 bits per heavy atom. The second-order valence-electron chi connectivity index (χ2n) is 9.53. The van der Waals surface area contributed by atoms with Gasteiger partial charge in [-0.25, -0.2) is 4.39 Å². The molecule has 2 amide bonds. The molecule has 2 heterocycles. The first kappa shape index (κ1) is 25.7.